The summed E-state index contributed by atoms with van der Waals surface area (Å²) >= 11 is 5.88. The first kappa shape index (κ1) is 26.6. The molecule has 1 heterocycles. The maximum absolute atomic E-state index is 14.9. The molecule has 0 bridgehead atoms. The third kappa shape index (κ3) is 6.79. The zero-order valence-electron chi connectivity index (χ0n) is 18.0. The van der Waals surface area contributed by atoms with Crippen molar-refractivity contribution in [3.05, 3.63) is 64.2 Å². The van der Waals surface area contributed by atoms with E-state index in [1.165, 1.54) is 34.6 Å². The van der Waals surface area contributed by atoms with Gasteiger partial charge in [-0.15, -0.1) is 0 Å². The maximum atomic E-state index is 14.9. The molecule has 1 saturated heterocycles. The molecule has 0 saturated carbocycles. The highest BCUT2D eigenvalue weighted by Crippen LogP contribution is 2.29. The Morgan fingerprint density at radius 2 is 1.71 bits per heavy atom. The number of carbonyl (C=O) groups excluding carboxylic acids is 3. The Labute approximate surface area is 205 Å². The number of nitrogens with one attached hydrogen (secondary N) is 2. The molecule has 0 radical (unpaired) electrons. The number of benzene rings is 2. The van der Waals surface area contributed by atoms with Crippen molar-refractivity contribution in [2.75, 3.05) is 16.4 Å². The second-order valence-electron chi connectivity index (χ2n) is 7.70. The molecule has 13 heteroatoms. The van der Waals surface area contributed by atoms with Crippen molar-refractivity contribution in [1.82, 2.24) is 10.9 Å². The first-order valence-electron chi connectivity index (χ1n) is 10.3. The zero-order valence-corrected chi connectivity index (χ0v) is 19.6. The molecule has 188 valence electrons. The molecule has 0 aromatic heterocycles. The van der Waals surface area contributed by atoms with Crippen LogP contribution in [0, 0.1) is 17.6 Å². The summed E-state index contributed by atoms with van der Waals surface area (Å²) in [5.41, 5.74) is 3.22. The van der Waals surface area contributed by atoms with E-state index in [1.807, 2.05) is 0 Å². The van der Waals surface area contributed by atoms with Crippen LogP contribution in [0.15, 0.2) is 36.4 Å². The lowest BCUT2D eigenvalue weighted by atomic mass is 10.00. The summed E-state index contributed by atoms with van der Waals surface area (Å²) in [6, 6.07) is 6.87. The average molecular weight is 534 g/mol. The van der Waals surface area contributed by atoms with E-state index in [-0.39, 0.29) is 34.3 Å². The van der Waals surface area contributed by atoms with Crippen molar-refractivity contribution in [2.24, 2.45) is 5.92 Å². The minimum absolute atomic E-state index is 0.00588. The van der Waals surface area contributed by atoms with Crippen LogP contribution in [0.2, 0.25) is 5.02 Å². The Hall–Kier alpha value is -2.99. The van der Waals surface area contributed by atoms with Gasteiger partial charge in [-0.2, -0.15) is 8.78 Å². The first-order chi connectivity index (χ1) is 16.6. The quantitative estimate of drug-likeness (QED) is 0.440. The van der Waals surface area contributed by atoms with Crippen LogP contribution in [-0.2, 0) is 26.9 Å². The third-order valence-electron chi connectivity index (χ3n) is 5.36. The second kappa shape index (κ2) is 11.6. The van der Waals surface area contributed by atoms with Crippen molar-refractivity contribution in [1.29, 1.82) is 0 Å². The summed E-state index contributed by atoms with van der Waals surface area (Å²) in [6.45, 7) is -0.282. The molecule has 1 aliphatic heterocycles. The Kier molecular flexibility index (Phi) is 8.84. The summed E-state index contributed by atoms with van der Waals surface area (Å²) in [7, 11) is -1.01. The Balaban J connectivity index is 1.83. The van der Waals surface area contributed by atoms with Gasteiger partial charge in [0.25, 0.3) is 5.91 Å². The maximum Gasteiger partial charge on any atom is 0.317 e. The van der Waals surface area contributed by atoms with Crippen LogP contribution in [0.25, 0.3) is 0 Å². The Bertz CT molecular complexity index is 1160. The van der Waals surface area contributed by atoms with E-state index >= 15 is 0 Å². The fourth-order valence-electron chi connectivity index (χ4n) is 3.44. The molecular weight excluding hydrogens is 514 g/mol. The van der Waals surface area contributed by atoms with Gasteiger partial charge in [0.2, 0.25) is 5.91 Å². The molecule has 0 spiro atoms. The van der Waals surface area contributed by atoms with Gasteiger partial charge in [0.1, 0.15) is 11.6 Å². The molecule has 2 aromatic carbocycles. The predicted molar refractivity (Wildman–Crippen MR) is 121 cm³/mol. The van der Waals surface area contributed by atoms with Gasteiger partial charge in [-0.3, -0.25) is 29.4 Å². The van der Waals surface area contributed by atoms with Gasteiger partial charge in [0, 0.05) is 45.0 Å². The molecule has 0 atom stereocenters. The molecule has 1 aliphatic rings. The minimum atomic E-state index is -3.35. The summed E-state index contributed by atoms with van der Waals surface area (Å²) in [5, 5.41) is -0.233. The number of rotatable bonds is 6. The summed E-state index contributed by atoms with van der Waals surface area (Å²) in [6.07, 6.45) is -2.59. The van der Waals surface area contributed by atoms with Crippen LogP contribution >= 0.6 is 11.6 Å². The zero-order chi connectivity index (χ0) is 25.7. The Morgan fingerprint density at radius 3 is 2.31 bits per heavy atom. The molecule has 2 N–H and O–H groups in total. The molecule has 3 amide bonds. The molecule has 0 unspecified atom stereocenters. The van der Waals surface area contributed by atoms with E-state index in [1.54, 1.807) is 5.43 Å². The lowest BCUT2D eigenvalue weighted by Gasteiger charge is -2.29. The lowest BCUT2D eigenvalue weighted by Crippen LogP contribution is -2.44. The topological polar surface area (TPSA) is 95.6 Å². The number of hydrogen-bond donors (Lipinski definition) is 2. The fraction of sp³-hybridized carbons (Fsp3) is 0.318. The van der Waals surface area contributed by atoms with E-state index in [2.05, 4.69) is 0 Å². The van der Waals surface area contributed by atoms with Crippen LogP contribution in [-0.4, -0.2) is 39.9 Å². The molecule has 3 rings (SSSR count). The van der Waals surface area contributed by atoms with Gasteiger partial charge in [-0.1, -0.05) is 17.7 Å². The highest BCUT2D eigenvalue weighted by atomic mass is 35.5. The highest BCUT2D eigenvalue weighted by Gasteiger charge is 2.30. The number of hydrazine groups is 1. The van der Waals surface area contributed by atoms with Gasteiger partial charge < -0.3 is 4.90 Å². The smallest absolute Gasteiger partial charge is 0.308 e. The summed E-state index contributed by atoms with van der Waals surface area (Å²) < 4.78 is 64.7. The van der Waals surface area contributed by atoms with Gasteiger partial charge >= 0.3 is 12.3 Å². The summed E-state index contributed by atoms with van der Waals surface area (Å²) in [4.78, 5) is 37.4. The third-order valence-corrected chi connectivity index (χ3v) is 7.03. The lowest BCUT2D eigenvalue weighted by molar-refractivity contribution is -0.132. The molecule has 7 nitrogen and oxygen atoms in total. The molecule has 35 heavy (non-hydrogen) atoms. The summed E-state index contributed by atoms with van der Waals surface area (Å²) in [5.74, 6) is -4.47. The molecule has 2 aromatic rings. The van der Waals surface area contributed by atoms with Crippen LogP contribution in [0.5, 0.6) is 0 Å². The number of amides is 3. The van der Waals surface area contributed by atoms with E-state index < -0.39 is 46.6 Å². The van der Waals surface area contributed by atoms with Crippen molar-refractivity contribution >= 4 is 45.8 Å². The van der Waals surface area contributed by atoms with Gasteiger partial charge in [-0.05, 0) is 43.2 Å². The minimum Gasteiger partial charge on any atom is -0.308 e. The first-order valence-corrected chi connectivity index (χ1v) is 12.2. The van der Waals surface area contributed by atoms with Crippen LogP contribution in [0.3, 0.4) is 0 Å². The van der Waals surface area contributed by atoms with Crippen LogP contribution in [0.4, 0.5) is 23.2 Å². The van der Waals surface area contributed by atoms with Crippen LogP contribution < -0.4 is 15.8 Å². The second-order valence-corrected chi connectivity index (χ2v) is 9.80. The standard InChI is InChI=1S/C22H20ClF4N3O4S/c23-16-10-15(3-4-17(16)24)30(22(33)12-5-7-35(34)8-6-12)11-14-2-1-13(9-18(14)25)20(31)28-29-21(32)19(26)27/h1-4,9-10,12,19H,5-8,11H2,(H,28,31)(H,29,32). The van der Waals surface area contributed by atoms with E-state index in [0.29, 0.717) is 24.3 Å². The van der Waals surface area contributed by atoms with Gasteiger partial charge in [0.05, 0.1) is 11.6 Å². The monoisotopic (exact) mass is 533 g/mol. The number of hydrogen-bond acceptors (Lipinski definition) is 4. The highest BCUT2D eigenvalue weighted by molar-refractivity contribution is 7.85. The largest absolute Gasteiger partial charge is 0.317 e. The molecule has 1 fully saturated rings. The van der Waals surface area contributed by atoms with Gasteiger partial charge in [0.15, 0.2) is 0 Å². The van der Waals surface area contributed by atoms with Gasteiger partial charge in [-0.25, -0.2) is 8.78 Å². The number of carbonyl (C=O) groups is 3. The van der Waals surface area contributed by atoms with Crippen molar-refractivity contribution in [3.63, 3.8) is 0 Å². The van der Waals surface area contributed by atoms with E-state index in [9.17, 15) is 36.2 Å². The number of nitrogens with zero attached hydrogens (tertiary/aromatic N) is 1. The molecular formula is C22H20ClF4N3O4S. The SMILES string of the molecule is O=C(NNC(=O)C(F)F)c1ccc(CN(C(=O)C2CCS(=O)CC2)c2ccc(F)c(Cl)c2)c(F)c1. The number of halogens is 5. The van der Waals surface area contributed by atoms with Crippen molar-refractivity contribution < 1.29 is 36.2 Å². The predicted octanol–water partition coefficient (Wildman–Crippen LogP) is 3.34. The van der Waals surface area contributed by atoms with E-state index in [4.69, 9.17) is 11.6 Å². The fourth-order valence-corrected chi connectivity index (χ4v) is 4.92. The molecule has 0 aliphatic carbocycles. The Morgan fingerprint density at radius 1 is 1.03 bits per heavy atom. The van der Waals surface area contributed by atoms with Crippen molar-refractivity contribution in [3.8, 4) is 0 Å². The number of anilines is 1. The normalized spacial score (nSPS) is 17.7. The van der Waals surface area contributed by atoms with Crippen molar-refractivity contribution in [2.45, 2.75) is 25.8 Å². The number of alkyl halides is 2. The van der Waals surface area contributed by atoms with Crippen LogP contribution in [0.1, 0.15) is 28.8 Å². The van der Waals surface area contributed by atoms with E-state index in [0.717, 1.165) is 12.1 Å². The average Bonchev–Trinajstić information content (AvgIpc) is 2.83.